The molecule has 0 atom stereocenters. The van der Waals surface area contributed by atoms with Crippen LogP contribution in [0.5, 0.6) is 0 Å². The van der Waals surface area contributed by atoms with Crippen molar-refractivity contribution in [1.82, 2.24) is 0 Å². The Bertz CT molecular complexity index is 742. The second-order valence-electron chi connectivity index (χ2n) is 9.82. The highest BCUT2D eigenvalue weighted by molar-refractivity contribution is 7.93. The van der Waals surface area contributed by atoms with Crippen LogP contribution >= 0.6 is 0 Å². The largest absolute Gasteiger partial charge is 0.333 e. The molecule has 0 aliphatic heterocycles. The van der Waals surface area contributed by atoms with Gasteiger partial charge in [-0.1, -0.05) is 121 Å². The maximum absolute atomic E-state index is 13.7. The topological polar surface area (TPSA) is 38.5 Å². The summed E-state index contributed by atoms with van der Waals surface area (Å²) in [5.41, 5.74) is 1.04. The van der Waals surface area contributed by atoms with E-state index in [9.17, 15) is 8.42 Å². The molecule has 0 fully saturated rings. The van der Waals surface area contributed by atoms with Gasteiger partial charge in [0.25, 0.3) is 9.84 Å². The van der Waals surface area contributed by atoms with E-state index < -0.39 is 14.7 Å². The van der Waals surface area contributed by atoms with Crippen molar-refractivity contribution < 1.29 is 8.42 Å². The number of unbranched alkanes of at least 4 members (excludes halogenated alkanes) is 14. The molecular weight excluding hydrogens is 426 g/mol. The molecule has 0 amide bonds. The second kappa shape index (κ2) is 17.1. The second-order valence-corrected chi connectivity index (χ2v) is 12.1. The van der Waals surface area contributed by atoms with E-state index in [1.165, 1.54) is 64.2 Å². The number of nitrogens with zero attached hydrogens (tertiary/aromatic N) is 1. The molecule has 4 heteroatoms. The molecule has 0 saturated carbocycles. The average molecular weight is 476 g/mol. The predicted octanol–water partition coefficient (Wildman–Crippen LogP) is 9.45. The van der Waals surface area contributed by atoms with E-state index in [1.807, 2.05) is 19.1 Å². The summed E-state index contributed by atoms with van der Waals surface area (Å²) < 4.78 is 27.3. The Morgan fingerprint density at radius 1 is 0.667 bits per heavy atom. The van der Waals surface area contributed by atoms with Gasteiger partial charge in [-0.25, -0.2) is 15.0 Å². The van der Waals surface area contributed by atoms with E-state index in [0.717, 1.165) is 44.1 Å². The third-order valence-electron chi connectivity index (χ3n) is 6.88. The van der Waals surface area contributed by atoms with Crippen LogP contribution in [0.4, 0.5) is 0 Å². The first-order valence-electron chi connectivity index (χ1n) is 13.6. The fourth-order valence-electron chi connectivity index (χ4n) is 4.57. The maximum atomic E-state index is 13.7. The van der Waals surface area contributed by atoms with Crippen molar-refractivity contribution >= 4 is 9.84 Å². The standard InChI is InChI=1S/C29H49NO2S/c1-5-7-9-11-13-15-17-19-25-29(30-4,26-20-18-16-14-12-10-8-6-2)33(31,32)28-23-21-27(3)22-24-28/h21-24H,5-20,25-26H2,1-3H3. The zero-order valence-corrected chi connectivity index (χ0v) is 22.5. The lowest BCUT2D eigenvalue weighted by Gasteiger charge is -2.23. The molecule has 1 aromatic rings. The van der Waals surface area contributed by atoms with Crippen molar-refractivity contribution in [3.05, 3.63) is 41.2 Å². The summed E-state index contributed by atoms with van der Waals surface area (Å²) in [5.74, 6) is 0. The summed E-state index contributed by atoms with van der Waals surface area (Å²) in [4.78, 5) is 2.86. The van der Waals surface area contributed by atoms with Crippen LogP contribution in [0.2, 0.25) is 0 Å². The zero-order valence-electron chi connectivity index (χ0n) is 21.7. The van der Waals surface area contributed by atoms with Crippen LogP contribution in [0.25, 0.3) is 4.85 Å². The third kappa shape index (κ3) is 10.6. The number of benzene rings is 1. The van der Waals surface area contributed by atoms with Gasteiger partial charge in [0, 0.05) is 12.8 Å². The highest BCUT2D eigenvalue weighted by Gasteiger charge is 2.50. The Labute approximate surface area is 205 Å². The molecule has 188 valence electrons. The molecule has 0 aromatic heterocycles. The van der Waals surface area contributed by atoms with Crippen molar-refractivity contribution in [3.63, 3.8) is 0 Å². The van der Waals surface area contributed by atoms with Gasteiger partial charge in [-0.05, 0) is 31.9 Å². The molecule has 33 heavy (non-hydrogen) atoms. The molecule has 0 unspecified atom stereocenters. The van der Waals surface area contributed by atoms with E-state index in [2.05, 4.69) is 18.7 Å². The Morgan fingerprint density at radius 2 is 1.03 bits per heavy atom. The maximum Gasteiger partial charge on any atom is 0.333 e. The van der Waals surface area contributed by atoms with E-state index in [4.69, 9.17) is 6.57 Å². The number of aryl methyl sites for hydroxylation is 1. The molecule has 0 aliphatic carbocycles. The molecule has 0 bridgehead atoms. The highest BCUT2D eigenvalue weighted by Crippen LogP contribution is 2.37. The lowest BCUT2D eigenvalue weighted by atomic mass is 9.99. The van der Waals surface area contributed by atoms with E-state index >= 15 is 0 Å². The summed E-state index contributed by atoms with van der Waals surface area (Å²) in [6, 6.07) is 7.06. The Kier molecular flexibility index (Phi) is 15.4. The van der Waals surface area contributed by atoms with Crippen molar-refractivity contribution in [3.8, 4) is 0 Å². The SMILES string of the molecule is [C-]#[N+]C(CCCCCCCCCC)(CCCCCCCCCC)S(=O)(=O)c1ccc(C)cc1. The fraction of sp³-hybridized carbons (Fsp3) is 0.759. The molecule has 0 saturated heterocycles. The molecule has 0 N–H and O–H groups in total. The third-order valence-corrected chi connectivity index (χ3v) is 9.27. The zero-order chi connectivity index (χ0) is 24.4. The van der Waals surface area contributed by atoms with E-state index in [0.29, 0.717) is 17.7 Å². The Balaban J connectivity index is 2.73. The molecule has 0 spiro atoms. The summed E-state index contributed by atoms with van der Waals surface area (Å²) in [5, 5.41) is 0. The first kappa shape index (κ1) is 29.7. The van der Waals surface area contributed by atoms with Crippen LogP contribution in [0.1, 0.15) is 135 Å². The molecular formula is C29H49NO2S. The average Bonchev–Trinajstić information content (AvgIpc) is 2.81. The number of hydrogen-bond acceptors (Lipinski definition) is 2. The number of rotatable bonds is 20. The van der Waals surface area contributed by atoms with Crippen LogP contribution in [0, 0.1) is 13.5 Å². The normalized spacial score (nSPS) is 12.1. The van der Waals surface area contributed by atoms with Crippen molar-refractivity contribution in [2.45, 2.75) is 146 Å². The van der Waals surface area contributed by atoms with Gasteiger partial charge in [-0.3, -0.25) is 4.85 Å². The van der Waals surface area contributed by atoms with Crippen molar-refractivity contribution in [2.75, 3.05) is 0 Å². The van der Waals surface area contributed by atoms with Gasteiger partial charge in [0.15, 0.2) is 0 Å². The molecule has 3 nitrogen and oxygen atoms in total. The summed E-state index contributed by atoms with van der Waals surface area (Å²) >= 11 is 0. The molecule has 1 aromatic carbocycles. The monoisotopic (exact) mass is 475 g/mol. The minimum absolute atomic E-state index is 0.309. The summed E-state index contributed by atoms with van der Waals surface area (Å²) in [6.45, 7) is 14.4. The lowest BCUT2D eigenvalue weighted by molar-refractivity contribution is 0.457. The Morgan fingerprint density at radius 3 is 1.39 bits per heavy atom. The minimum Gasteiger partial charge on any atom is -0.293 e. The first-order valence-corrected chi connectivity index (χ1v) is 15.1. The molecule has 0 heterocycles. The van der Waals surface area contributed by atoms with E-state index in [1.54, 1.807) is 12.1 Å². The van der Waals surface area contributed by atoms with Gasteiger partial charge >= 0.3 is 4.87 Å². The van der Waals surface area contributed by atoms with Crippen molar-refractivity contribution in [2.24, 2.45) is 0 Å². The minimum atomic E-state index is -3.69. The Hall–Kier alpha value is -1.34. The van der Waals surface area contributed by atoms with Crippen LogP contribution in [0.3, 0.4) is 0 Å². The smallest absolute Gasteiger partial charge is 0.293 e. The molecule has 0 radical (unpaired) electrons. The van der Waals surface area contributed by atoms with Gasteiger partial charge in [-0.2, -0.15) is 0 Å². The van der Waals surface area contributed by atoms with Crippen LogP contribution < -0.4 is 0 Å². The van der Waals surface area contributed by atoms with Crippen LogP contribution in [0.15, 0.2) is 29.2 Å². The summed E-state index contributed by atoms with van der Waals surface area (Å²) in [7, 11) is -3.69. The van der Waals surface area contributed by atoms with Gasteiger partial charge < -0.3 is 0 Å². The first-order chi connectivity index (χ1) is 15.9. The van der Waals surface area contributed by atoms with Gasteiger partial charge in [0.05, 0.1) is 4.90 Å². The van der Waals surface area contributed by atoms with Gasteiger partial charge in [0.1, 0.15) is 0 Å². The highest BCUT2D eigenvalue weighted by atomic mass is 32.2. The van der Waals surface area contributed by atoms with Gasteiger partial charge in [0.2, 0.25) is 0 Å². The quantitative estimate of drug-likeness (QED) is 0.139. The molecule has 0 aliphatic rings. The van der Waals surface area contributed by atoms with Crippen molar-refractivity contribution in [1.29, 1.82) is 0 Å². The molecule has 1 rings (SSSR count). The number of sulfone groups is 1. The van der Waals surface area contributed by atoms with Gasteiger partial charge in [-0.15, -0.1) is 0 Å². The predicted molar refractivity (Wildman–Crippen MR) is 142 cm³/mol. The number of hydrogen-bond donors (Lipinski definition) is 0. The van der Waals surface area contributed by atoms with E-state index in [-0.39, 0.29) is 0 Å². The fourth-order valence-corrected chi connectivity index (χ4v) is 6.45. The lowest BCUT2D eigenvalue weighted by Crippen LogP contribution is -2.35. The summed E-state index contributed by atoms with van der Waals surface area (Å²) in [6.07, 6.45) is 19.5. The van der Waals surface area contributed by atoms with Crippen LogP contribution in [-0.2, 0) is 9.84 Å². The van der Waals surface area contributed by atoms with Crippen LogP contribution in [-0.4, -0.2) is 13.3 Å².